The van der Waals surface area contributed by atoms with Crippen molar-refractivity contribution in [3.63, 3.8) is 0 Å². The van der Waals surface area contributed by atoms with Gasteiger partial charge in [-0.1, -0.05) is 0 Å². The molecule has 2 amide bonds. The summed E-state index contributed by atoms with van der Waals surface area (Å²) < 4.78 is 47.7. The van der Waals surface area contributed by atoms with Crippen LogP contribution >= 0.6 is 0 Å². The number of hydrogen-bond donors (Lipinski definition) is 2. The molecule has 0 aliphatic heterocycles. The van der Waals surface area contributed by atoms with Gasteiger partial charge in [-0.3, -0.25) is 0 Å². The van der Waals surface area contributed by atoms with E-state index in [0.29, 0.717) is 22.9 Å². The van der Waals surface area contributed by atoms with Crippen molar-refractivity contribution in [2.75, 3.05) is 10.6 Å². The maximum atomic E-state index is 12.2. The van der Waals surface area contributed by atoms with Crippen molar-refractivity contribution in [1.29, 1.82) is 0 Å². The molecule has 34 heavy (non-hydrogen) atoms. The number of nitrogens with zero attached hydrogens (tertiary/aromatic N) is 4. The molecule has 4 aromatic rings. The molecule has 174 valence electrons. The second-order valence-electron chi connectivity index (χ2n) is 6.91. The van der Waals surface area contributed by atoms with Crippen LogP contribution in [0, 0.1) is 6.92 Å². The van der Waals surface area contributed by atoms with E-state index in [1.165, 1.54) is 12.1 Å². The van der Waals surface area contributed by atoms with E-state index in [1.807, 2.05) is 13.0 Å². The van der Waals surface area contributed by atoms with Crippen LogP contribution in [0.3, 0.4) is 0 Å². The van der Waals surface area contributed by atoms with E-state index in [0.717, 1.165) is 17.8 Å². The minimum atomic E-state index is -4.78. The molecule has 0 saturated heterocycles. The second-order valence-corrected chi connectivity index (χ2v) is 6.91. The number of alkyl halides is 3. The van der Waals surface area contributed by atoms with Gasteiger partial charge >= 0.3 is 12.4 Å². The van der Waals surface area contributed by atoms with Gasteiger partial charge in [0.1, 0.15) is 11.5 Å². The molecule has 0 fully saturated rings. The number of nitrogens with one attached hydrogen (secondary N) is 2. The Balaban J connectivity index is 1.30. The highest BCUT2D eigenvalue weighted by Gasteiger charge is 2.30. The van der Waals surface area contributed by atoms with Crippen LogP contribution in [0.2, 0.25) is 0 Å². The van der Waals surface area contributed by atoms with Crippen LogP contribution < -0.4 is 20.1 Å². The third kappa shape index (κ3) is 6.22. The van der Waals surface area contributed by atoms with Crippen molar-refractivity contribution in [1.82, 2.24) is 20.0 Å². The summed E-state index contributed by atoms with van der Waals surface area (Å²) in [6.45, 7) is 1.87. The van der Waals surface area contributed by atoms with Crippen LogP contribution in [-0.2, 0) is 0 Å². The van der Waals surface area contributed by atoms with Gasteiger partial charge in [-0.2, -0.15) is 5.10 Å². The molecule has 0 spiro atoms. The summed E-state index contributed by atoms with van der Waals surface area (Å²) in [5.74, 6) is 0.922. The Bertz CT molecular complexity index is 1260. The maximum absolute atomic E-state index is 12.2. The smallest absolute Gasteiger partial charge is 0.438 e. The van der Waals surface area contributed by atoms with Gasteiger partial charge in [0.05, 0.1) is 5.69 Å². The van der Waals surface area contributed by atoms with Crippen LogP contribution in [-0.4, -0.2) is 32.4 Å². The molecular formula is C22H17F3N6O3. The van der Waals surface area contributed by atoms with Crippen LogP contribution in [0.1, 0.15) is 5.69 Å². The molecule has 2 aromatic heterocycles. The minimum absolute atomic E-state index is 0.282. The highest BCUT2D eigenvalue weighted by atomic mass is 19.4. The van der Waals surface area contributed by atoms with Gasteiger partial charge in [0.25, 0.3) is 0 Å². The van der Waals surface area contributed by atoms with Crippen molar-refractivity contribution < 1.29 is 27.4 Å². The van der Waals surface area contributed by atoms with Gasteiger partial charge in [-0.05, 0) is 67.6 Å². The Morgan fingerprint density at radius 2 is 1.47 bits per heavy atom. The van der Waals surface area contributed by atoms with Crippen molar-refractivity contribution in [2.45, 2.75) is 13.3 Å². The molecule has 0 aliphatic carbocycles. The average molecular weight is 470 g/mol. The number of halogens is 3. The molecule has 0 unspecified atom stereocenters. The summed E-state index contributed by atoms with van der Waals surface area (Å²) in [6.07, 6.45) is -3.00. The first-order valence-electron chi connectivity index (χ1n) is 9.82. The molecule has 0 atom stereocenters. The number of carbonyl (C=O) groups excluding carboxylic acids is 1. The second kappa shape index (κ2) is 9.48. The predicted octanol–water partition coefficient (Wildman–Crippen LogP) is 5.31. The fourth-order valence-corrected chi connectivity index (χ4v) is 2.79. The van der Waals surface area contributed by atoms with Crippen LogP contribution in [0.25, 0.3) is 5.82 Å². The summed E-state index contributed by atoms with van der Waals surface area (Å²) in [5, 5.41) is 17.5. The quantitative estimate of drug-likeness (QED) is 0.396. The summed E-state index contributed by atoms with van der Waals surface area (Å²) in [7, 11) is 0. The van der Waals surface area contributed by atoms with Crippen LogP contribution in [0.15, 0.2) is 72.9 Å². The standard InChI is InChI=1S/C22H17F3N6O3/c1-14-12-13-31(30-14)19-10-11-20(29-28-19)33-17-6-2-15(3-7-17)26-21(32)27-16-4-8-18(9-5-16)34-22(23,24)25/h2-13H,1H3,(H2,26,27,32). The molecule has 2 heterocycles. The Kier molecular flexibility index (Phi) is 6.30. The largest absolute Gasteiger partial charge is 0.573 e. The lowest BCUT2D eigenvalue weighted by Gasteiger charge is -2.11. The number of urea groups is 1. The van der Waals surface area contributed by atoms with E-state index in [9.17, 15) is 18.0 Å². The van der Waals surface area contributed by atoms with Crippen molar-refractivity contribution in [2.24, 2.45) is 0 Å². The van der Waals surface area contributed by atoms with E-state index in [1.54, 1.807) is 47.3 Å². The molecule has 2 N–H and O–H groups in total. The van der Waals surface area contributed by atoms with E-state index in [-0.39, 0.29) is 11.6 Å². The number of amides is 2. The molecular weight excluding hydrogens is 453 g/mol. The molecule has 0 bridgehead atoms. The molecule has 0 saturated carbocycles. The van der Waals surface area contributed by atoms with E-state index >= 15 is 0 Å². The Labute approximate surface area is 191 Å². The first-order chi connectivity index (χ1) is 16.2. The van der Waals surface area contributed by atoms with Crippen molar-refractivity contribution >= 4 is 17.4 Å². The van der Waals surface area contributed by atoms with Gasteiger partial charge in [0.2, 0.25) is 5.88 Å². The lowest BCUT2D eigenvalue weighted by Crippen LogP contribution is -2.19. The van der Waals surface area contributed by atoms with Gasteiger partial charge in [-0.25, -0.2) is 9.48 Å². The number of carbonyl (C=O) groups is 1. The Hall–Kier alpha value is -4.61. The molecule has 9 nitrogen and oxygen atoms in total. The number of aromatic nitrogens is 4. The SMILES string of the molecule is Cc1ccn(-c2ccc(Oc3ccc(NC(=O)Nc4ccc(OC(F)(F)F)cc4)cc3)nn2)n1. The maximum Gasteiger partial charge on any atom is 0.573 e. The third-order valence-electron chi connectivity index (χ3n) is 4.26. The third-order valence-corrected chi connectivity index (χ3v) is 4.26. The monoisotopic (exact) mass is 470 g/mol. The molecule has 0 aliphatic rings. The fourth-order valence-electron chi connectivity index (χ4n) is 2.79. The fraction of sp³-hybridized carbons (Fsp3) is 0.0909. The number of hydrogen-bond acceptors (Lipinski definition) is 6. The van der Waals surface area contributed by atoms with E-state index in [2.05, 4.69) is 30.7 Å². The van der Waals surface area contributed by atoms with Crippen molar-refractivity contribution in [3.05, 3.63) is 78.6 Å². The first kappa shape index (κ1) is 22.6. The predicted molar refractivity (Wildman–Crippen MR) is 116 cm³/mol. The summed E-state index contributed by atoms with van der Waals surface area (Å²) in [6, 6.07) is 15.9. The van der Waals surface area contributed by atoms with Gasteiger partial charge in [0.15, 0.2) is 5.82 Å². The van der Waals surface area contributed by atoms with E-state index in [4.69, 9.17) is 4.74 Å². The van der Waals surface area contributed by atoms with Crippen LogP contribution in [0.5, 0.6) is 17.4 Å². The highest BCUT2D eigenvalue weighted by Crippen LogP contribution is 2.24. The zero-order valence-electron chi connectivity index (χ0n) is 17.6. The lowest BCUT2D eigenvalue weighted by molar-refractivity contribution is -0.274. The normalized spacial score (nSPS) is 11.1. The number of aryl methyl sites for hydroxylation is 1. The molecule has 0 radical (unpaired) electrons. The lowest BCUT2D eigenvalue weighted by atomic mass is 10.3. The number of anilines is 2. The highest BCUT2D eigenvalue weighted by molar-refractivity contribution is 5.99. The van der Waals surface area contributed by atoms with Gasteiger partial charge in [0, 0.05) is 23.6 Å². The van der Waals surface area contributed by atoms with Gasteiger partial charge < -0.3 is 20.1 Å². The first-order valence-corrected chi connectivity index (χ1v) is 9.82. The summed E-state index contributed by atoms with van der Waals surface area (Å²) in [5.41, 5.74) is 1.62. The van der Waals surface area contributed by atoms with Gasteiger partial charge in [-0.15, -0.1) is 23.4 Å². The topological polar surface area (TPSA) is 103 Å². The number of ether oxygens (including phenoxy) is 2. The zero-order valence-corrected chi connectivity index (χ0v) is 17.6. The zero-order chi connectivity index (χ0) is 24.1. The number of rotatable bonds is 6. The number of benzene rings is 2. The summed E-state index contributed by atoms with van der Waals surface area (Å²) in [4.78, 5) is 12.1. The molecule has 12 heteroatoms. The Morgan fingerprint density at radius 1 is 0.853 bits per heavy atom. The van der Waals surface area contributed by atoms with Crippen molar-refractivity contribution in [3.8, 4) is 23.2 Å². The van der Waals surface area contributed by atoms with E-state index < -0.39 is 12.4 Å². The minimum Gasteiger partial charge on any atom is -0.438 e. The van der Waals surface area contributed by atoms with Crippen LogP contribution in [0.4, 0.5) is 29.3 Å². The molecule has 2 aromatic carbocycles. The molecule has 4 rings (SSSR count). The Morgan fingerprint density at radius 3 is 1.97 bits per heavy atom. The summed E-state index contributed by atoms with van der Waals surface area (Å²) >= 11 is 0. The average Bonchev–Trinajstić information content (AvgIpc) is 3.22.